The van der Waals surface area contributed by atoms with Gasteiger partial charge in [0.2, 0.25) is 0 Å². The summed E-state index contributed by atoms with van der Waals surface area (Å²) < 4.78 is 38.1. The van der Waals surface area contributed by atoms with Gasteiger partial charge in [0.05, 0.1) is 13.0 Å². The van der Waals surface area contributed by atoms with Crippen LogP contribution in [0.15, 0.2) is 78.9 Å². The van der Waals surface area contributed by atoms with Crippen LogP contribution in [0.25, 0.3) is 11.1 Å². The molecular formula is C41H51NO9Si. The molecular weight excluding hydrogens is 679 g/mol. The Hall–Kier alpha value is -3.87. The number of fused-ring (bicyclic) bond motifs is 4. The van der Waals surface area contributed by atoms with Crippen LogP contribution in [0.3, 0.4) is 0 Å². The third-order valence-corrected chi connectivity index (χ3v) is 12.5. The van der Waals surface area contributed by atoms with Crippen molar-refractivity contribution < 1.29 is 42.5 Å². The summed E-state index contributed by atoms with van der Waals surface area (Å²) in [5, 5.41) is 2.99. The van der Waals surface area contributed by atoms with Crippen LogP contribution in [0.5, 0.6) is 0 Å². The number of alkyl carbamates (subject to hydrolysis) is 1. The van der Waals surface area contributed by atoms with Gasteiger partial charge < -0.3 is 38.2 Å². The zero-order valence-electron chi connectivity index (χ0n) is 30.6. The van der Waals surface area contributed by atoms with Crippen LogP contribution in [-0.4, -0.2) is 70.0 Å². The summed E-state index contributed by atoms with van der Waals surface area (Å²) in [6.07, 6.45) is -0.572. The summed E-state index contributed by atoms with van der Waals surface area (Å²) in [4.78, 5) is 39.0. The molecule has 2 saturated heterocycles. The zero-order chi connectivity index (χ0) is 36.7. The van der Waals surface area contributed by atoms with Crippen molar-refractivity contribution in [2.45, 2.75) is 114 Å². The van der Waals surface area contributed by atoms with Crippen LogP contribution in [0, 0.1) is 0 Å². The van der Waals surface area contributed by atoms with Crippen molar-refractivity contribution in [3.05, 3.63) is 95.6 Å². The minimum absolute atomic E-state index is 0.0366. The second-order valence-electron chi connectivity index (χ2n) is 14.6. The molecule has 3 aromatic carbocycles. The number of hydrogen-bond donors (Lipinski definition) is 1. The Morgan fingerprint density at radius 2 is 1.52 bits per heavy atom. The maximum absolute atomic E-state index is 13.9. The van der Waals surface area contributed by atoms with Gasteiger partial charge in [-0.3, -0.25) is 4.79 Å². The van der Waals surface area contributed by atoms with Crippen molar-refractivity contribution in [3.63, 3.8) is 0 Å². The number of nitrogens with one attached hydrogen (secondary N) is 1. The maximum Gasteiger partial charge on any atom is 0.407 e. The molecule has 1 unspecified atom stereocenters. The van der Waals surface area contributed by atoms with E-state index in [4.69, 9.17) is 28.1 Å². The second-order valence-corrected chi connectivity index (χ2v) is 18.8. The second kappa shape index (κ2) is 17.3. The van der Waals surface area contributed by atoms with E-state index in [0.717, 1.165) is 59.5 Å². The summed E-state index contributed by atoms with van der Waals surface area (Å²) in [6, 6.07) is 25.7. The lowest BCUT2D eigenvalue weighted by molar-refractivity contribution is -0.336. The largest absolute Gasteiger partial charge is 0.457 e. The number of ether oxygens (including phenoxy) is 5. The summed E-state index contributed by atoms with van der Waals surface area (Å²) in [7, 11) is -2.36. The Labute approximate surface area is 307 Å². The third-order valence-electron chi connectivity index (χ3n) is 10.1. The molecule has 1 amide bonds. The fraction of sp³-hybridized carbons (Fsp3) is 0.488. The molecule has 3 aliphatic rings. The molecule has 10 nitrogen and oxygen atoms in total. The van der Waals surface area contributed by atoms with Gasteiger partial charge in [-0.1, -0.05) is 111 Å². The van der Waals surface area contributed by atoms with Crippen LogP contribution >= 0.6 is 0 Å². The molecule has 52 heavy (non-hydrogen) atoms. The van der Waals surface area contributed by atoms with E-state index in [-0.39, 0.29) is 37.8 Å². The molecule has 0 saturated carbocycles. The molecule has 6 rings (SSSR count). The number of rotatable bonds is 15. The molecule has 2 aliphatic heterocycles. The summed E-state index contributed by atoms with van der Waals surface area (Å²) >= 11 is 0. The molecule has 0 radical (unpaired) electrons. The van der Waals surface area contributed by atoms with E-state index < -0.39 is 57.3 Å². The number of ketones is 1. The first-order valence-electron chi connectivity index (χ1n) is 18.6. The number of amides is 1. The number of carbonyl (C=O) groups excluding carboxylic acids is 3. The lowest BCUT2D eigenvalue weighted by atomic mass is 9.95. The monoisotopic (exact) mass is 729 g/mol. The molecule has 278 valence electrons. The highest BCUT2D eigenvalue weighted by molar-refractivity contribution is 6.71. The fourth-order valence-corrected chi connectivity index (χ4v) is 9.41. The number of benzene rings is 3. The number of hydrogen-bond acceptors (Lipinski definition) is 9. The van der Waals surface area contributed by atoms with E-state index in [1.807, 2.05) is 54.6 Å². The Bertz CT molecular complexity index is 1640. The van der Waals surface area contributed by atoms with Gasteiger partial charge in [0.25, 0.3) is 0 Å². The average Bonchev–Trinajstić information content (AvgIpc) is 3.46. The van der Waals surface area contributed by atoms with E-state index in [1.165, 1.54) is 6.92 Å². The smallest absolute Gasteiger partial charge is 0.407 e. The van der Waals surface area contributed by atoms with Gasteiger partial charge >= 0.3 is 12.1 Å². The topological polar surface area (TPSA) is 119 Å². The normalized spacial score (nSPS) is 23.9. The first kappa shape index (κ1) is 37.9. The summed E-state index contributed by atoms with van der Waals surface area (Å²) in [6.45, 7) is 8.13. The molecule has 11 heteroatoms. The van der Waals surface area contributed by atoms with Gasteiger partial charge in [0, 0.05) is 17.9 Å². The number of carbonyl (C=O) groups is 3. The number of unbranched alkanes of at least 4 members (excludes halogenated alkanes) is 3. The predicted molar refractivity (Wildman–Crippen MR) is 198 cm³/mol. The van der Waals surface area contributed by atoms with Crippen LogP contribution < -0.4 is 5.32 Å². The third kappa shape index (κ3) is 9.19. The molecule has 6 atom stereocenters. The fourth-order valence-electron chi connectivity index (χ4n) is 7.36. The van der Waals surface area contributed by atoms with Gasteiger partial charge in [-0.25, -0.2) is 4.79 Å². The minimum Gasteiger partial charge on any atom is -0.457 e. The van der Waals surface area contributed by atoms with E-state index >= 15 is 0 Å². The van der Waals surface area contributed by atoms with Crippen molar-refractivity contribution in [1.82, 2.24) is 5.32 Å². The predicted octanol–water partition coefficient (Wildman–Crippen LogP) is 7.82. The lowest BCUT2D eigenvalue weighted by Gasteiger charge is -2.50. The van der Waals surface area contributed by atoms with E-state index in [2.05, 4.69) is 49.6 Å². The highest BCUT2D eigenvalue weighted by atomic mass is 28.4. The molecule has 0 aromatic heterocycles. The zero-order valence-corrected chi connectivity index (χ0v) is 31.6. The maximum atomic E-state index is 13.9. The van der Waals surface area contributed by atoms with Crippen molar-refractivity contribution in [1.29, 1.82) is 0 Å². The number of esters is 1. The Balaban J connectivity index is 1.26. The van der Waals surface area contributed by atoms with Crippen molar-refractivity contribution in [2.24, 2.45) is 0 Å². The van der Waals surface area contributed by atoms with Gasteiger partial charge in [-0.05, 0) is 48.3 Å². The summed E-state index contributed by atoms with van der Waals surface area (Å²) in [5.74, 6) is -0.850. The van der Waals surface area contributed by atoms with Crippen LogP contribution in [0.2, 0.25) is 19.1 Å². The first-order chi connectivity index (χ1) is 25.1. The highest BCUT2D eigenvalue weighted by Gasteiger charge is 2.54. The van der Waals surface area contributed by atoms with Gasteiger partial charge in [0.1, 0.15) is 30.6 Å². The van der Waals surface area contributed by atoms with Crippen LogP contribution in [0.4, 0.5) is 4.79 Å². The molecule has 1 aliphatic carbocycles. The van der Waals surface area contributed by atoms with Crippen molar-refractivity contribution in [3.8, 4) is 11.1 Å². The standard InChI is InChI=1S/C41H51NO9Si/c1-5-6-7-15-24-52(3,4)51-40-36(42-41(45)47-25-33-31-20-13-11-18-29(31)30-19-12-14-21-32(30)33)38(49-35(44)23-22-27(2)43)37-34(48-40)26-46-39(50-37)28-16-9-8-10-17-28/h8-14,16-21,33-34,36-40H,5-7,15,22-26H2,1-4H3,(H,42,45)/t34-,36-,37-,38-,39?,40+/m1/s1. The van der Waals surface area contributed by atoms with Crippen molar-refractivity contribution in [2.75, 3.05) is 13.2 Å². The van der Waals surface area contributed by atoms with Gasteiger partial charge in [-0.15, -0.1) is 0 Å². The molecule has 2 heterocycles. The Morgan fingerprint density at radius 1 is 0.846 bits per heavy atom. The molecule has 0 bridgehead atoms. The first-order valence-corrected chi connectivity index (χ1v) is 21.7. The van der Waals surface area contributed by atoms with Crippen LogP contribution in [-0.2, 0) is 37.7 Å². The highest BCUT2D eigenvalue weighted by Crippen LogP contribution is 2.44. The Kier molecular flexibility index (Phi) is 12.6. The van der Waals surface area contributed by atoms with E-state index in [1.54, 1.807) is 0 Å². The van der Waals surface area contributed by atoms with E-state index in [9.17, 15) is 14.4 Å². The summed E-state index contributed by atoms with van der Waals surface area (Å²) in [5.41, 5.74) is 5.23. The minimum atomic E-state index is -2.36. The lowest BCUT2D eigenvalue weighted by Crippen LogP contribution is -2.68. The number of Topliss-reactive ketones (excluding diaryl/α,β-unsaturated/α-hetero) is 1. The molecule has 0 spiro atoms. The molecule has 1 N–H and O–H groups in total. The van der Waals surface area contributed by atoms with Crippen LogP contribution in [0.1, 0.15) is 81.3 Å². The SMILES string of the molecule is CCCCCC[Si](C)(C)O[C@@H]1O[C@@H]2COC(c3ccccc3)O[C@H]2[C@H](OC(=O)CCC(C)=O)[C@H]1NC(=O)OCC1c2ccccc2-c2ccccc21. The molecule has 3 aromatic rings. The van der Waals surface area contributed by atoms with Crippen molar-refractivity contribution >= 4 is 26.2 Å². The van der Waals surface area contributed by atoms with E-state index in [0.29, 0.717) is 0 Å². The average molecular weight is 730 g/mol. The molecule has 2 fully saturated rings. The van der Waals surface area contributed by atoms with Gasteiger partial charge in [-0.2, -0.15) is 0 Å². The van der Waals surface area contributed by atoms with Gasteiger partial charge in [0.15, 0.2) is 27.0 Å². The Morgan fingerprint density at radius 3 is 2.19 bits per heavy atom. The quantitative estimate of drug-likeness (QED) is 0.0949.